The van der Waals surface area contributed by atoms with Crippen molar-refractivity contribution in [2.45, 2.75) is 50.4 Å². The predicted octanol–water partition coefficient (Wildman–Crippen LogP) is 2.03. The SMILES string of the molecule is CCNC1(C(=O)OC)CCC(OCCC(F)(F)F)C1. The van der Waals surface area contributed by atoms with Gasteiger partial charge in [0, 0.05) is 6.42 Å². The zero-order valence-corrected chi connectivity index (χ0v) is 11.2. The number of carbonyl (C=O) groups excluding carboxylic acids is 1. The van der Waals surface area contributed by atoms with Crippen molar-refractivity contribution in [3.05, 3.63) is 0 Å². The molecule has 2 unspecified atom stereocenters. The fourth-order valence-electron chi connectivity index (χ4n) is 2.44. The van der Waals surface area contributed by atoms with Crippen molar-refractivity contribution in [1.82, 2.24) is 5.32 Å². The normalized spacial score (nSPS) is 27.5. The average molecular weight is 283 g/mol. The van der Waals surface area contributed by atoms with Crippen LogP contribution < -0.4 is 5.32 Å². The zero-order valence-electron chi connectivity index (χ0n) is 11.2. The summed E-state index contributed by atoms with van der Waals surface area (Å²) in [5.41, 5.74) is -0.813. The second-order valence-corrected chi connectivity index (χ2v) is 4.70. The quantitative estimate of drug-likeness (QED) is 0.758. The highest BCUT2D eigenvalue weighted by molar-refractivity contribution is 5.81. The van der Waals surface area contributed by atoms with Gasteiger partial charge in [-0.25, -0.2) is 0 Å². The highest BCUT2D eigenvalue weighted by atomic mass is 19.4. The van der Waals surface area contributed by atoms with E-state index >= 15 is 0 Å². The van der Waals surface area contributed by atoms with E-state index in [4.69, 9.17) is 9.47 Å². The predicted molar refractivity (Wildman–Crippen MR) is 62.7 cm³/mol. The molecule has 0 saturated heterocycles. The summed E-state index contributed by atoms with van der Waals surface area (Å²) in [7, 11) is 1.30. The van der Waals surface area contributed by atoms with Gasteiger partial charge in [-0.05, 0) is 19.4 Å². The third kappa shape index (κ3) is 4.65. The number of methoxy groups -OCH3 is 1. The molecule has 0 spiro atoms. The molecule has 1 fully saturated rings. The first-order valence-corrected chi connectivity index (χ1v) is 6.35. The summed E-state index contributed by atoms with van der Waals surface area (Å²) in [6, 6.07) is 0. The second kappa shape index (κ2) is 6.56. The number of esters is 1. The first-order chi connectivity index (χ1) is 8.83. The highest BCUT2D eigenvalue weighted by Crippen LogP contribution is 2.33. The molecule has 112 valence electrons. The van der Waals surface area contributed by atoms with Gasteiger partial charge in [0.15, 0.2) is 0 Å². The zero-order chi connectivity index (χ0) is 14.5. The summed E-state index contributed by atoms with van der Waals surface area (Å²) in [6.07, 6.45) is -4.08. The molecule has 0 aromatic carbocycles. The number of hydrogen-bond donors (Lipinski definition) is 1. The van der Waals surface area contributed by atoms with Crippen molar-refractivity contribution in [1.29, 1.82) is 0 Å². The van der Waals surface area contributed by atoms with Crippen LogP contribution in [0, 0.1) is 0 Å². The van der Waals surface area contributed by atoms with Gasteiger partial charge < -0.3 is 14.8 Å². The lowest BCUT2D eigenvalue weighted by atomic mass is 9.97. The molecule has 19 heavy (non-hydrogen) atoms. The van der Waals surface area contributed by atoms with Crippen LogP contribution in [0.3, 0.4) is 0 Å². The Bertz CT molecular complexity index is 309. The van der Waals surface area contributed by atoms with Crippen molar-refractivity contribution in [2.24, 2.45) is 0 Å². The number of carbonyl (C=O) groups is 1. The molecule has 1 rings (SSSR count). The van der Waals surface area contributed by atoms with Gasteiger partial charge in [0.25, 0.3) is 0 Å². The Morgan fingerprint density at radius 1 is 1.47 bits per heavy atom. The number of ether oxygens (including phenoxy) is 2. The molecule has 0 heterocycles. The Balaban J connectivity index is 2.48. The van der Waals surface area contributed by atoms with Gasteiger partial charge in [0.1, 0.15) is 5.54 Å². The van der Waals surface area contributed by atoms with E-state index in [0.29, 0.717) is 25.8 Å². The molecule has 4 nitrogen and oxygen atoms in total. The summed E-state index contributed by atoms with van der Waals surface area (Å²) in [5, 5.41) is 3.07. The molecule has 1 aliphatic rings. The van der Waals surface area contributed by atoms with Crippen LogP contribution in [-0.4, -0.2) is 44.0 Å². The molecular formula is C12H20F3NO3. The fourth-order valence-corrected chi connectivity index (χ4v) is 2.44. The standard InChI is InChI=1S/C12H20F3NO3/c1-3-16-11(10(17)18-2)5-4-9(8-11)19-7-6-12(13,14)15/h9,16H,3-8H2,1-2H3. The smallest absolute Gasteiger partial charge is 0.391 e. The van der Waals surface area contributed by atoms with E-state index in [1.165, 1.54) is 7.11 Å². The number of halogens is 3. The summed E-state index contributed by atoms with van der Waals surface area (Å²) in [4.78, 5) is 11.8. The molecule has 0 aliphatic heterocycles. The maximum atomic E-state index is 12.0. The molecule has 1 saturated carbocycles. The van der Waals surface area contributed by atoms with Crippen LogP contribution in [0.25, 0.3) is 0 Å². The lowest BCUT2D eigenvalue weighted by Gasteiger charge is -2.27. The third-order valence-electron chi connectivity index (χ3n) is 3.30. The molecule has 1 aliphatic carbocycles. The molecule has 0 amide bonds. The van der Waals surface area contributed by atoms with E-state index in [0.717, 1.165) is 0 Å². The van der Waals surface area contributed by atoms with Crippen LogP contribution in [0.15, 0.2) is 0 Å². The van der Waals surface area contributed by atoms with E-state index < -0.39 is 18.1 Å². The monoisotopic (exact) mass is 283 g/mol. The Labute approximate surface area is 110 Å². The van der Waals surface area contributed by atoms with Gasteiger partial charge in [-0.2, -0.15) is 13.2 Å². The summed E-state index contributed by atoms with van der Waals surface area (Å²) in [5.74, 6) is -0.378. The number of rotatable bonds is 6. The Morgan fingerprint density at radius 3 is 2.68 bits per heavy atom. The minimum Gasteiger partial charge on any atom is -0.468 e. The maximum Gasteiger partial charge on any atom is 0.391 e. The minimum absolute atomic E-state index is 0.333. The molecular weight excluding hydrogens is 263 g/mol. The largest absolute Gasteiger partial charge is 0.468 e. The molecule has 7 heteroatoms. The van der Waals surface area contributed by atoms with Crippen molar-refractivity contribution in [2.75, 3.05) is 20.3 Å². The molecule has 0 aromatic rings. The number of alkyl halides is 3. The van der Waals surface area contributed by atoms with Gasteiger partial charge in [0.05, 0.1) is 26.2 Å². The fraction of sp³-hybridized carbons (Fsp3) is 0.917. The van der Waals surface area contributed by atoms with Crippen LogP contribution in [-0.2, 0) is 14.3 Å². The van der Waals surface area contributed by atoms with Gasteiger partial charge in [0.2, 0.25) is 0 Å². The lowest BCUT2D eigenvalue weighted by Crippen LogP contribution is -2.51. The van der Waals surface area contributed by atoms with Crippen molar-refractivity contribution < 1.29 is 27.4 Å². The van der Waals surface area contributed by atoms with Gasteiger partial charge in [-0.15, -0.1) is 0 Å². The average Bonchev–Trinajstić information content (AvgIpc) is 2.72. The maximum absolute atomic E-state index is 12.0. The number of hydrogen-bond acceptors (Lipinski definition) is 4. The number of nitrogens with one attached hydrogen (secondary N) is 1. The summed E-state index contributed by atoms with van der Waals surface area (Å²) < 4.78 is 46.0. The van der Waals surface area contributed by atoms with Crippen molar-refractivity contribution in [3.63, 3.8) is 0 Å². The highest BCUT2D eigenvalue weighted by Gasteiger charge is 2.46. The molecule has 0 radical (unpaired) electrons. The molecule has 1 N–H and O–H groups in total. The first-order valence-electron chi connectivity index (χ1n) is 6.35. The number of likely N-dealkylation sites (N-methyl/N-ethyl adjacent to an activating group) is 1. The Kier molecular flexibility index (Phi) is 5.61. The van der Waals surface area contributed by atoms with E-state index in [1.54, 1.807) is 0 Å². The molecule has 0 bridgehead atoms. The third-order valence-corrected chi connectivity index (χ3v) is 3.30. The molecule has 2 atom stereocenters. The van der Waals surface area contributed by atoms with Crippen LogP contribution in [0.5, 0.6) is 0 Å². The minimum atomic E-state index is -4.21. The van der Waals surface area contributed by atoms with Crippen molar-refractivity contribution >= 4 is 5.97 Å². The Morgan fingerprint density at radius 2 is 2.16 bits per heavy atom. The van der Waals surface area contributed by atoms with Crippen LogP contribution >= 0.6 is 0 Å². The van der Waals surface area contributed by atoms with Gasteiger partial charge >= 0.3 is 12.1 Å². The summed E-state index contributed by atoms with van der Waals surface area (Å²) >= 11 is 0. The Hall–Kier alpha value is -0.820. The van der Waals surface area contributed by atoms with Crippen LogP contribution in [0.1, 0.15) is 32.6 Å². The summed E-state index contributed by atoms with van der Waals surface area (Å²) in [6.45, 7) is 2.09. The van der Waals surface area contributed by atoms with E-state index in [-0.39, 0.29) is 18.7 Å². The van der Waals surface area contributed by atoms with Crippen molar-refractivity contribution in [3.8, 4) is 0 Å². The van der Waals surface area contributed by atoms with E-state index in [2.05, 4.69) is 5.32 Å². The van der Waals surface area contributed by atoms with Gasteiger partial charge in [-0.3, -0.25) is 4.79 Å². The second-order valence-electron chi connectivity index (χ2n) is 4.70. The van der Waals surface area contributed by atoms with Crippen LogP contribution in [0.4, 0.5) is 13.2 Å². The van der Waals surface area contributed by atoms with Crippen LogP contribution in [0.2, 0.25) is 0 Å². The lowest BCUT2D eigenvalue weighted by molar-refractivity contribution is -0.152. The topological polar surface area (TPSA) is 47.6 Å². The van der Waals surface area contributed by atoms with Gasteiger partial charge in [-0.1, -0.05) is 6.92 Å². The van der Waals surface area contributed by atoms with E-state index in [1.807, 2.05) is 6.92 Å². The first kappa shape index (κ1) is 16.2. The molecule has 0 aromatic heterocycles. The van der Waals surface area contributed by atoms with E-state index in [9.17, 15) is 18.0 Å².